The molecule has 0 fully saturated rings. The highest BCUT2D eigenvalue weighted by Crippen LogP contribution is 2.31. The third kappa shape index (κ3) is 3.55. The Morgan fingerprint density at radius 1 is 1.17 bits per heavy atom. The summed E-state index contributed by atoms with van der Waals surface area (Å²) in [6, 6.07) is 8.91. The van der Waals surface area contributed by atoms with Crippen molar-refractivity contribution in [1.29, 1.82) is 0 Å². The molecule has 0 saturated carbocycles. The maximum absolute atomic E-state index is 4.61. The minimum Gasteiger partial charge on any atom is -0.405 e. The molecule has 2 N–H and O–H groups in total. The first kappa shape index (κ1) is 17.1. The third-order valence-corrected chi connectivity index (χ3v) is 4.10. The molecule has 3 heteroatoms. The van der Waals surface area contributed by atoms with Gasteiger partial charge in [0.2, 0.25) is 0 Å². The van der Waals surface area contributed by atoms with Gasteiger partial charge in [0.1, 0.15) is 0 Å². The number of hydrogen-bond donors (Lipinski definition) is 1. The first-order valence-corrected chi connectivity index (χ1v) is 8.30. The minimum absolute atomic E-state index is 1.09. The lowest BCUT2D eigenvalue weighted by Crippen LogP contribution is -1.99. The summed E-state index contributed by atoms with van der Waals surface area (Å²) < 4.78 is 2.47. The largest absolute Gasteiger partial charge is 0.405 e. The lowest BCUT2D eigenvalue weighted by Gasteiger charge is -2.08. The Bertz CT molecular complexity index is 799. The molecule has 0 radical (unpaired) electrons. The summed E-state index contributed by atoms with van der Waals surface area (Å²) in [6.45, 7) is 10.8. The Hall–Kier alpha value is -2.29. The van der Waals surface area contributed by atoms with Crippen LogP contribution in [0, 0.1) is 13.8 Å². The van der Waals surface area contributed by atoms with Crippen molar-refractivity contribution in [3.63, 3.8) is 0 Å². The van der Waals surface area contributed by atoms with E-state index in [1.807, 2.05) is 6.20 Å². The monoisotopic (exact) mass is 309 g/mol. The van der Waals surface area contributed by atoms with Gasteiger partial charge in [-0.25, -0.2) is 0 Å². The predicted molar refractivity (Wildman–Crippen MR) is 101 cm³/mol. The number of pyridine rings is 1. The summed E-state index contributed by atoms with van der Waals surface area (Å²) in [6.07, 6.45) is 6.95. The quantitative estimate of drug-likeness (QED) is 0.683. The Balaban J connectivity index is 0.000000595. The summed E-state index contributed by atoms with van der Waals surface area (Å²) in [4.78, 5) is 4.49. The van der Waals surface area contributed by atoms with Crippen molar-refractivity contribution in [2.45, 2.75) is 46.6 Å². The van der Waals surface area contributed by atoms with Crippen molar-refractivity contribution in [3.8, 4) is 0 Å². The maximum atomic E-state index is 4.61. The molecule has 0 aliphatic heterocycles. The number of aromatic nitrogens is 2. The van der Waals surface area contributed by atoms with Crippen molar-refractivity contribution in [3.05, 3.63) is 54.5 Å². The molecule has 0 atom stereocenters. The van der Waals surface area contributed by atoms with E-state index in [9.17, 15) is 0 Å². The van der Waals surface area contributed by atoms with Gasteiger partial charge in [0.05, 0.1) is 11.2 Å². The molecule has 2 aromatic heterocycles. The fourth-order valence-corrected chi connectivity index (χ4v) is 3.08. The molecule has 0 amide bonds. The van der Waals surface area contributed by atoms with Gasteiger partial charge in [-0.1, -0.05) is 38.5 Å². The normalized spacial score (nSPS) is 10.6. The summed E-state index contributed by atoms with van der Waals surface area (Å²) >= 11 is 0. The smallest absolute Gasteiger partial charge is 0.0707 e. The topological polar surface area (TPSA) is 43.8 Å². The van der Waals surface area contributed by atoms with E-state index in [-0.39, 0.29) is 0 Å². The molecule has 3 nitrogen and oxygen atoms in total. The Morgan fingerprint density at radius 2 is 1.91 bits per heavy atom. The van der Waals surface area contributed by atoms with E-state index in [1.165, 1.54) is 52.8 Å². The van der Waals surface area contributed by atoms with Crippen molar-refractivity contribution in [2.75, 3.05) is 0 Å². The van der Waals surface area contributed by atoms with Crippen LogP contribution in [0.15, 0.2) is 43.2 Å². The summed E-state index contributed by atoms with van der Waals surface area (Å²) in [5.41, 5.74) is 9.73. The van der Waals surface area contributed by atoms with Gasteiger partial charge in [-0.15, -0.1) is 0 Å². The van der Waals surface area contributed by atoms with E-state index in [2.05, 4.69) is 66.9 Å². The molecular weight excluding hydrogens is 282 g/mol. The van der Waals surface area contributed by atoms with Crippen LogP contribution in [0.3, 0.4) is 0 Å². The lowest BCUT2D eigenvalue weighted by molar-refractivity contribution is 0.626. The number of nitrogens with two attached hydrogens (primary N) is 1. The number of hydrogen-bond acceptors (Lipinski definition) is 2. The van der Waals surface area contributed by atoms with Gasteiger partial charge < -0.3 is 10.3 Å². The second-order valence-electron chi connectivity index (χ2n) is 5.91. The molecular formula is C20H27N3. The molecule has 0 aliphatic carbocycles. The molecule has 0 aliphatic rings. The van der Waals surface area contributed by atoms with Gasteiger partial charge in [0.15, 0.2) is 0 Å². The second-order valence-corrected chi connectivity index (χ2v) is 5.91. The highest BCUT2D eigenvalue weighted by atomic mass is 15.0. The van der Waals surface area contributed by atoms with Crippen molar-refractivity contribution in [1.82, 2.24) is 9.55 Å². The van der Waals surface area contributed by atoms with E-state index in [0.29, 0.717) is 0 Å². The zero-order chi connectivity index (χ0) is 16.8. The molecule has 3 rings (SSSR count). The van der Waals surface area contributed by atoms with Crippen molar-refractivity contribution < 1.29 is 0 Å². The summed E-state index contributed by atoms with van der Waals surface area (Å²) in [5.74, 6) is 0. The SMILES string of the molecule is C=CN.CCCCCn1c2cc(C)ccc2c2ccnc(C)c21. The first-order valence-electron chi connectivity index (χ1n) is 8.30. The number of unbranched alkanes of at least 4 members (excludes halogenated alkanes) is 2. The molecule has 2 heterocycles. The van der Waals surface area contributed by atoms with Crippen LogP contribution >= 0.6 is 0 Å². The van der Waals surface area contributed by atoms with Gasteiger partial charge in [-0.05, 0) is 44.2 Å². The zero-order valence-electron chi connectivity index (χ0n) is 14.5. The molecule has 0 saturated heterocycles. The lowest BCUT2D eigenvalue weighted by atomic mass is 10.1. The zero-order valence-corrected chi connectivity index (χ0v) is 14.5. The van der Waals surface area contributed by atoms with Crippen LogP contribution in [-0.4, -0.2) is 9.55 Å². The molecule has 0 unspecified atom stereocenters. The molecule has 1 aromatic carbocycles. The van der Waals surface area contributed by atoms with E-state index in [0.717, 1.165) is 12.2 Å². The number of rotatable bonds is 4. The fourth-order valence-electron chi connectivity index (χ4n) is 3.08. The van der Waals surface area contributed by atoms with Gasteiger partial charge in [0, 0.05) is 29.0 Å². The Morgan fingerprint density at radius 3 is 2.61 bits per heavy atom. The van der Waals surface area contributed by atoms with Crippen LogP contribution in [-0.2, 0) is 6.54 Å². The van der Waals surface area contributed by atoms with Gasteiger partial charge >= 0.3 is 0 Å². The van der Waals surface area contributed by atoms with E-state index >= 15 is 0 Å². The highest BCUT2D eigenvalue weighted by molar-refractivity contribution is 6.08. The van der Waals surface area contributed by atoms with Crippen LogP contribution in [0.2, 0.25) is 0 Å². The van der Waals surface area contributed by atoms with Crippen LogP contribution in [0.25, 0.3) is 21.8 Å². The second kappa shape index (κ2) is 7.82. The first-order chi connectivity index (χ1) is 11.1. The van der Waals surface area contributed by atoms with Crippen LogP contribution in [0.5, 0.6) is 0 Å². The van der Waals surface area contributed by atoms with Crippen LogP contribution in [0.4, 0.5) is 0 Å². The Kier molecular flexibility index (Phi) is 5.80. The van der Waals surface area contributed by atoms with Crippen molar-refractivity contribution in [2.24, 2.45) is 5.73 Å². The highest BCUT2D eigenvalue weighted by Gasteiger charge is 2.12. The van der Waals surface area contributed by atoms with E-state index in [1.54, 1.807) is 0 Å². The molecule has 0 bridgehead atoms. The van der Waals surface area contributed by atoms with Gasteiger partial charge in [0.25, 0.3) is 0 Å². The van der Waals surface area contributed by atoms with Gasteiger partial charge in [-0.3, -0.25) is 4.98 Å². The van der Waals surface area contributed by atoms with Crippen molar-refractivity contribution >= 4 is 21.8 Å². The molecule has 3 aromatic rings. The third-order valence-electron chi connectivity index (χ3n) is 4.10. The van der Waals surface area contributed by atoms with Gasteiger partial charge in [-0.2, -0.15) is 0 Å². The molecule has 122 valence electrons. The average molecular weight is 309 g/mol. The molecule has 0 spiro atoms. The average Bonchev–Trinajstić information content (AvgIpc) is 2.83. The summed E-state index contributed by atoms with van der Waals surface area (Å²) in [5, 5.41) is 2.69. The number of benzene rings is 1. The maximum Gasteiger partial charge on any atom is 0.0707 e. The van der Waals surface area contributed by atoms with E-state index < -0.39 is 0 Å². The number of nitrogens with zero attached hydrogens (tertiary/aromatic N) is 2. The Labute approximate surface area is 138 Å². The standard InChI is InChI=1S/C18H22N2.C2H5N/c1-4-5-6-11-20-17-12-13(2)7-8-15(17)16-9-10-19-14(3)18(16)20;1-2-3/h7-10,12H,4-6,11H2,1-3H3;2H,1,3H2. The number of fused-ring (bicyclic) bond motifs is 3. The minimum atomic E-state index is 1.09. The van der Waals surface area contributed by atoms with Crippen LogP contribution in [0.1, 0.15) is 37.4 Å². The van der Waals surface area contributed by atoms with E-state index in [4.69, 9.17) is 0 Å². The summed E-state index contributed by atoms with van der Waals surface area (Å²) in [7, 11) is 0. The molecule has 23 heavy (non-hydrogen) atoms. The fraction of sp³-hybridized carbons (Fsp3) is 0.350. The number of aryl methyl sites for hydroxylation is 3. The van der Waals surface area contributed by atoms with Crippen LogP contribution < -0.4 is 5.73 Å². The predicted octanol–water partition coefficient (Wildman–Crippen LogP) is 5.09.